The zero-order valence-electron chi connectivity index (χ0n) is 17.8. The molecule has 1 fully saturated rings. The van der Waals surface area contributed by atoms with Crippen LogP contribution >= 0.6 is 11.6 Å². The molecule has 0 bridgehead atoms. The molecule has 34 heavy (non-hydrogen) atoms. The van der Waals surface area contributed by atoms with Crippen LogP contribution in [0.4, 0.5) is 21.8 Å². The molecule has 1 aliphatic rings. The highest BCUT2D eigenvalue weighted by molar-refractivity contribution is 6.31. The van der Waals surface area contributed by atoms with Gasteiger partial charge in [0.15, 0.2) is 0 Å². The highest BCUT2D eigenvalue weighted by Gasteiger charge is 2.24. The maximum atomic E-state index is 13.3. The molecule has 0 saturated heterocycles. The molecule has 2 aromatic heterocycles. The van der Waals surface area contributed by atoms with Gasteiger partial charge in [0.25, 0.3) is 0 Å². The van der Waals surface area contributed by atoms with Crippen molar-refractivity contribution in [1.29, 1.82) is 0 Å². The van der Waals surface area contributed by atoms with Gasteiger partial charge in [-0.05, 0) is 55.9 Å². The minimum atomic E-state index is -0.769. The normalized spacial score (nSPS) is 17.7. The Labute approximate surface area is 198 Å². The van der Waals surface area contributed by atoms with Crippen LogP contribution < -0.4 is 15.4 Å². The second-order valence-electron chi connectivity index (χ2n) is 7.86. The van der Waals surface area contributed by atoms with Gasteiger partial charge < -0.3 is 24.9 Å². The zero-order valence-corrected chi connectivity index (χ0v) is 18.6. The van der Waals surface area contributed by atoms with E-state index < -0.39 is 17.7 Å². The average Bonchev–Trinajstić information content (AvgIpc) is 3.27. The number of nitrogens with zero attached hydrogens (tertiary/aromatic N) is 3. The number of hydrogen-bond donors (Lipinski definition) is 3. The highest BCUT2D eigenvalue weighted by atomic mass is 35.5. The van der Waals surface area contributed by atoms with Crippen molar-refractivity contribution >= 4 is 40.9 Å². The average molecular weight is 490 g/mol. The van der Waals surface area contributed by atoms with Crippen LogP contribution in [0.1, 0.15) is 42.8 Å². The second kappa shape index (κ2) is 10.5. The molecule has 3 aromatic rings. The minimum Gasteiger partial charge on any atom is -0.481 e. The Morgan fingerprint density at radius 1 is 1.15 bits per heavy atom. The monoisotopic (exact) mass is 489 g/mol. The van der Waals surface area contributed by atoms with Gasteiger partial charge in [-0.15, -0.1) is 5.10 Å². The van der Waals surface area contributed by atoms with Gasteiger partial charge in [-0.25, -0.2) is 9.37 Å². The number of aliphatic carboxylic acids is 1. The van der Waals surface area contributed by atoms with E-state index in [-0.39, 0.29) is 35.4 Å². The number of ether oxygens (including phenoxy) is 1. The molecule has 1 aliphatic carbocycles. The van der Waals surface area contributed by atoms with Crippen LogP contribution in [0.5, 0.6) is 5.88 Å². The summed E-state index contributed by atoms with van der Waals surface area (Å²) >= 11 is 5.73. The van der Waals surface area contributed by atoms with Crippen molar-refractivity contribution in [2.75, 3.05) is 10.6 Å². The third-order valence-electron chi connectivity index (χ3n) is 5.33. The molecule has 4 rings (SSSR count). The largest absolute Gasteiger partial charge is 0.481 e. The van der Waals surface area contributed by atoms with Gasteiger partial charge in [0.05, 0.1) is 16.9 Å². The van der Waals surface area contributed by atoms with Crippen molar-refractivity contribution in [2.45, 2.75) is 38.2 Å². The molecular weight excluding hydrogens is 469 g/mol. The van der Waals surface area contributed by atoms with Crippen LogP contribution in [0.2, 0.25) is 5.02 Å². The number of anilines is 3. The molecule has 1 amide bonds. The number of carbonyl (C=O) groups excluding carboxylic acids is 1. The molecule has 12 heteroatoms. The van der Waals surface area contributed by atoms with E-state index >= 15 is 0 Å². The summed E-state index contributed by atoms with van der Waals surface area (Å²) in [5.41, 5.74) is 0.817. The van der Waals surface area contributed by atoms with E-state index in [9.17, 15) is 14.0 Å². The molecule has 10 nitrogen and oxygen atoms in total. The maximum Gasteiger partial charge on any atom is 0.320 e. The number of benzene rings is 1. The standard InChI is InChI=1S/C22H21ClFN5O5/c23-16-10-13(3-7-17(16)24)27-22-29-28-21(34-22)20(32)26-14-4-8-18(25-11-14)33-15-5-1-12(2-6-15)9-19(30)31/h3-4,7-8,10-12,15H,1-2,5-6,9H2,(H,26,32)(H,27,29)(H,30,31)/t12-,15+. The van der Waals surface area contributed by atoms with Gasteiger partial charge in [-0.3, -0.25) is 9.59 Å². The van der Waals surface area contributed by atoms with Crippen LogP contribution in [0, 0.1) is 11.7 Å². The highest BCUT2D eigenvalue weighted by Crippen LogP contribution is 2.29. The fourth-order valence-corrected chi connectivity index (χ4v) is 3.82. The van der Waals surface area contributed by atoms with Gasteiger partial charge >= 0.3 is 23.8 Å². The number of pyridine rings is 1. The first-order valence-corrected chi connectivity index (χ1v) is 10.9. The summed E-state index contributed by atoms with van der Waals surface area (Å²) in [6.45, 7) is 0. The van der Waals surface area contributed by atoms with E-state index in [0.29, 0.717) is 17.3 Å². The lowest BCUT2D eigenvalue weighted by atomic mass is 9.85. The van der Waals surface area contributed by atoms with Crippen molar-refractivity contribution in [3.05, 3.63) is 53.3 Å². The molecule has 0 radical (unpaired) electrons. The Balaban J connectivity index is 1.28. The molecule has 1 saturated carbocycles. The number of carboxylic acid groups (broad SMARTS) is 1. The van der Waals surface area contributed by atoms with Crippen molar-refractivity contribution in [3.8, 4) is 5.88 Å². The summed E-state index contributed by atoms with van der Waals surface area (Å²) in [6.07, 6.45) is 4.78. The second-order valence-corrected chi connectivity index (χ2v) is 8.27. The number of hydrogen-bond acceptors (Lipinski definition) is 8. The van der Waals surface area contributed by atoms with Gasteiger partial charge in [-0.2, -0.15) is 0 Å². The summed E-state index contributed by atoms with van der Waals surface area (Å²) in [7, 11) is 0. The van der Waals surface area contributed by atoms with Crippen LogP contribution in [-0.4, -0.2) is 38.3 Å². The van der Waals surface area contributed by atoms with Crippen LogP contribution in [-0.2, 0) is 4.79 Å². The third kappa shape index (κ3) is 6.19. The fraction of sp³-hybridized carbons (Fsp3) is 0.318. The summed E-state index contributed by atoms with van der Waals surface area (Å²) < 4.78 is 24.4. The first-order chi connectivity index (χ1) is 16.4. The molecule has 0 atom stereocenters. The Kier molecular flexibility index (Phi) is 7.21. The van der Waals surface area contributed by atoms with Crippen LogP contribution in [0.3, 0.4) is 0 Å². The molecule has 3 N–H and O–H groups in total. The lowest BCUT2D eigenvalue weighted by molar-refractivity contribution is -0.138. The number of carboxylic acids is 1. The predicted octanol–water partition coefficient (Wildman–Crippen LogP) is 4.67. The van der Waals surface area contributed by atoms with E-state index in [1.807, 2.05) is 0 Å². The fourth-order valence-electron chi connectivity index (χ4n) is 3.64. The van der Waals surface area contributed by atoms with Crippen LogP contribution in [0.25, 0.3) is 0 Å². The van der Waals surface area contributed by atoms with Crippen LogP contribution in [0.15, 0.2) is 40.9 Å². The van der Waals surface area contributed by atoms with Gasteiger partial charge in [-0.1, -0.05) is 16.7 Å². The first kappa shape index (κ1) is 23.4. The zero-order chi connectivity index (χ0) is 24.1. The molecule has 0 unspecified atom stereocenters. The van der Waals surface area contributed by atoms with Gasteiger partial charge in [0.1, 0.15) is 11.9 Å². The molecule has 0 spiro atoms. The Bertz CT molecular complexity index is 1160. The molecule has 178 valence electrons. The minimum absolute atomic E-state index is 0.0155. The number of carbonyl (C=O) groups is 2. The number of aromatic nitrogens is 3. The van der Waals surface area contributed by atoms with E-state index in [4.69, 9.17) is 25.9 Å². The molecular formula is C22H21ClFN5O5. The Hall–Kier alpha value is -3.73. The topological polar surface area (TPSA) is 139 Å². The van der Waals surface area contributed by atoms with Crippen molar-refractivity contribution in [2.24, 2.45) is 5.92 Å². The predicted molar refractivity (Wildman–Crippen MR) is 120 cm³/mol. The smallest absolute Gasteiger partial charge is 0.320 e. The maximum absolute atomic E-state index is 13.3. The Morgan fingerprint density at radius 2 is 1.91 bits per heavy atom. The molecule has 2 heterocycles. The van der Waals surface area contributed by atoms with E-state index in [1.54, 1.807) is 12.1 Å². The first-order valence-electron chi connectivity index (χ1n) is 10.6. The Morgan fingerprint density at radius 3 is 2.59 bits per heavy atom. The van der Waals surface area contributed by atoms with E-state index in [0.717, 1.165) is 25.7 Å². The number of halogens is 2. The van der Waals surface area contributed by atoms with E-state index in [2.05, 4.69) is 25.8 Å². The van der Waals surface area contributed by atoms with Crippen molar-refractivity contribution in [3.63, 3.8) is 0 Å². The number of nitrogens with one attached hydrogen (secondary N) is 2. The summed E-state index contributed by atoms with van der Waals surface area (Å²) in [6, 6.07) is 7.16. The van der Waals surface area contributed by atoms with Crippen molar-refractivity contribution < 1.29 is 28.2 Å². The lowest BCUT2D eigenvalue weighted by Crippen LogP contribution is -2.25. The molecule has 1 aromatic carbocycles. The van der Waals surface area contributed by atoms with E-state index in [1.165, 1.54) is 24.4 Å². The quantitative estimate of drug-likeness (QED) is 0.412. The summed E-state index contributed by atoms with van der Waals surface area (Å²) in [4.78, 5) is 27.4. The number of rotatable bonds is 8. The van der Waals surface area contributed by atoms with Gasteiger partial charge in [0, 0.05) is 18.2 Å². The lowest BCUT2D eigenvalue weighted by Gasteiger charge is -2.27. The third-order valence-corrected chi connectivity index (χ3v) is 5.62. The SMILES string of the molecule is O=C(O)C[C@H]1CC[C@@H](Oc2ccc(NC(=O)c3nnc(Nc4ccc(F)c(Cl)c4)o3)cn2)CC1. The van der Waals surface area contributed by atoms with Gasteiger partial charge in [0.2, 0.25) is 5.88 Å². The number of amides is 1. The van der Waals surface area contributed by atoms with Crippen molar-refractivity contribution in [1.82, 2.24) is 15.2 Å². The summed E-state index contributed by atoms with van der Waals surface area (Å²) in [5, 5.41) is 21.6. The molecule has 0 aliphatic heterocycles. The summed E-state index contributed by atoms with van der Waals surface area (Å²) in [5.74, 6) is -1.64.